The number of amides is 1. The highest BCUT2D eigenvalue weighted by atomic mass is 16.4. The fourth-order valence-electron chi connectivity index (χ4n) is 1.93. The molecule has 0 radical (unpaired) electrons. The summed E-state index contributed by atoms with van der Waals surface area (Å²) in [7, 11) is 0. The van der Waals surface area contributed by atoms with Gasteiger partial charge in [-0.2, -0.15) is 0 Å². The number of carbonyl (C=O) groups is 2. The van der Waals surface area contributed by atoms with Crippen LogP contribution in [0.15, 0.2) is 0 Å². The third-order valence-corrected chi connectivity index (χ3v) is 2.91. The quantitative estimate of drug-likeness (QED) is 0.716. The number of aliphatic carboxylic acids is 1. The van der Waals surface area contributed by atoms with E-state index in [2.05, 4.69) is 5.32 Å². The van der Waals surface area contributed by atoms with Crippen LogP contribution in [0.4, 0.5) is 0 Å². The molecule has 0 aromatic heterocycles. The van der Waals surface area contributed by atoms with Gasteiger partial charge in [-0.15, -0.1) is 0 Å². The number of hydrogen-bond donors (Lipinski definition) is 2. The lowest BCUT2D eigenvalue weighted by Crippen LogP contribution is -2.42. The Labute approximate surface area is 83.7 Å². The lowest BCUT2D eigenvalue weighted by molar-refractivity contribution is -0.140. The average Bonchev–Trinajstić information content (AvgIpc) is 2.15. The Balaban J connectivity index is 2.45. The van der Waals surface area contributed by atoms with Gasteiger partial charge < -0.3 is 10.4 Å². The monoisotopic (exact) mass is 199 g/mol. The van der Waals surface area contributed by atoms with Crippen molar-refractivity contribution in [2.45, 2.75) is 39.0 Å². The smallest absolute Gasteiger partial charge is 0.322 e. The molecule has 14 heavy (non-hydrogen) atoms. The van der Waals surface area contributed by atoms with Crippen molar-refractivity contribution in [3.63, 3.8) is 0 Å². The van der Waals surface area contributed by atoms with Crippen molar-refractivity contribution in [2.24, 2.45) is 5.41 Å². The molecule has 0 saturated heterocycles. The van der Waals surface area contributed by atoms with Gasteiger partial charge in [0.05, 0.1) is 0 Å². The molecule has 0 atom stereocenters. The molecule has 1 aliphatic rings. The van der Waals surface area contributed by atoms with Gasteiger partial charge in [-0.1, -0.05) is 26.2 Å². The molecular weight excluding hydrogens is 182 g/mol. The first-order valence-electron chi connectivity index (χ1n) is 5.05. The van der Waals surface area contributed by atoms with Crippen LogP contribution >= 0.6 is 0 Å². The second kappa shape index (κ2) is 4.44. The van der Waals surface area contributed by atoms with Crippen LogP contribution in [0.5, 0.6) is 0 Å². The summed E-state index contributed by atoms with van der Waals surface area (Å²) in [6.07, 6.45) is 5.06. The Morgan fingerprint density at radius 1 is 1.29 bits per heavy atom. The number of rotatable bonds is 3. The number of nitrogens with one attached hydrogen (secondary N) is 1. The van der Waals surface area contributed by atoms with E-state index in [4.69, 9.17) is 5.11 Å². The normalized spacial score (nSPS) is 20.1. The SMILES string of the molecule is CC1(C(=O)NCC(=O)O)CCCCC1. The van der Waals surface area contributed by atoms with Crippen LogP contribution in [0.3, 0.4) is 0 Å². The second-order valence-electron chi connectivity index (χ2n) is 4.20. The topological polar surface area (TPSA) is 66.4 Å². The zero-order valence-corrected chi connectivity index (χ0v) is 8.51. The maximum Gasteiger partial charge on any atom is 0.322 e. The predicted octanol–water partition coefficient (Wildman–Crippen LogP) is 1.16. The van der Waals surface area contributed by atoms with E-state index >= 15 is 0 Å². The van der Waals surface area contributed by atoms with E-state index in [1.54, 1.807) is 0 Å². The van der Waals surface area contributed by atoms with Crippen molar-refractivity contribution in [1.29, 1.82) is 0 Å². The van der Waals surface area contributed by atoms with Crippen molar-refractivity contribution >= 4 is 11.9 Å². The molecule has 0 aromatic carbocycles. The van der Waals surface area contributed by atoms with Crippen molar-refractivity contribution in [3.05, 3.63) is 0 Å². The van der Waals surface area contributed by atoms with Crippen LogP contribution < -0.4 is 5.32 Å². The summed E-state index contributed by atoms with van der Waals surface area (Å²) in [6.45, 7) is 1.65. The minimum absolute atomic E-state index is 0.111. The van der Waals surface area contributed by atoms with E-state index in [0.29, 0.717) is 0 Å². The first-order valence-corrected chi connectivity index (χ1v) is 5.05. The molecule has 0 spiro atoms. The van der Waals surface area contributed by atoms with Crippen molar-refractivity contribution in [2.75, 3.05) is 6.54 Å². The third-order valence-electron chi connectivity index (χ3n) is 2.91. The highest BCUT2D eigenvalue weighted by Crippen LogP contribution is 2.35. The van der Waals surface area contributed by atoms with E-state index < -0.39 is 5.97 Å². The van der Waals surface area contributed by atoms with Crippen molar-refractivity contribution in [3.8, 4) is 0 Å². The molecule has 0 heterocycles. The maximum atomic E-state index is 11.6. The number of carboxylic acids is 1. The molecule has 4 heteroatoms. The first-order chi connectivity index (χ1) is 6.54. The molecule has 1 aliphatic carbocycles. The molecule has 0 bridgehead atoms. The summed E-state index contributed by atoms with van der Waals surface area (Å²) in [6, 6.07) is 0. The van der Waals surface area contributed by atoms with Crippen molar-refractivity contribution < 1.29 is 14.7 Å². The van der Waals surface area contributed by atoms with Gasteiger partial charge in [-0.25, -0.2) is 0 Å². The Morgan fingerprint density at radius 3 is 2.36 bits per heavy atom. The largest absolute Gasteiger partial charge is 0.480 e. The van der Waals surface area contributed by atoms with Gasteiger partial charge in [0.1, 0.15) is 6.54 Å². The van der Waals surface area contributed by atoms with Gasteiger partial charge in [0, 0.05) is 5.41 Å². The van der Waals surface area contributed by atoms with E-state index in [1.807, 2.05) is 6.92 Å². The maximum absolute atomic E-state index is 11.6. The molecule has 4 nitrogen and oxygen atoms in total. The van der Waals surface area contributed by atoms with Crippen molar-refractivity contribution in [1.82, 2.24) is 5.32 Å². The van der Waals surface area contributed by atoms with Gasteiger partial charge in [-0.3, -0.25) is 9.59 Å². The zero-order valence-electron chi connectivity index (χ0n) is 8.51. The summed E-state index contributed by atoms with van der Waals surface area (Å²) < 4.78 is 0. The number of carbonyl (C=O) groups excluding carboxylic acids is 1. The average molecular weight is 199 g/mol. The summed E-state index contributed by atoms with van der Waals surface area (Å²) >= 11 is 0. The summed E-state index contributed by atoms with van der Waals surface area (Å²) in [4.78, 5) is 21.9. The highest BCUT2D eigenvalue weighted by Gasteiger charge is 2.34. The highest BCUT2D eigenvalue weighted by molar-refractivity contribution is 5.85. The van der Waals surface area contributed by atoms with Crippen LogP contribution in [0.1, 0.15) is 39.0 Å². The van der Waals surface area contributed by atoms with Gasteiger partial charge in [0.15, 0.2) is 0 Å². The Morgan fingerprint density at radius 2 is 1.86 bits per heavy atom. The molecule has 0 aliphatic heterocycles. The molecule has 0 aromatic rings. The van der Waals surface area contributed by atoms with Gasteiger partial charge >= 0.3 is 5.97 Å². The fourth-order valence-corrected chi connectivity index (χ4v) is 1.93. The number of hydrogen-bond acceptors (Lipinski definition) is 2. The Kier molecular flexibility index (Phi) is 3.49. The predicted molar refractivity (Wildman–Crippen MR) is 51.8 cm³/mol. The lowest BCUT2D eigenvalue weighted by atomic mass is 9.75. The molecule has 1 saturated carbocycles. The van der Waals surface area contributed by atoms with Crippen LogP contribution in [-0.2, 0) is 9.59 Å². The molecule has 2 N–H and O–H groups in total. The second-order valence-corrected chi connectivity index (χ2v) is 4.20. The van der Waals surface area contributed by atoms with E-state index in [-0.39, 0.29) is 17.9 Å². The van der Waals surface area contributed by atoms with Crippen LogP contribution in [0.2, 0.25) is 0 Å². The zero-order chi connectivity index (χ0) is 10.6. The lowest BCUT2D eigenvalue weighted by Gasteiger charge is -2.31. The van der Waals surface area contributed by atoms with Gasteiger partial charge in [0.2, 0.25) is 5.91 Å². The molecule has 1 fully saturated rings. The molecule has 1 rings (SSSR count). The van der Waals surface area contributed by atoms with E-state index in [1.165, 1.54) is 6.42 Å². The molecule has 0 unspecified atom stereocenters. The Bertz CT molecular complexity index is 232. The van der Waals surface area contributed by atoms with Gasteiger partial charge in [-0.05, 0) is 12.8 Å². The Hall–Kier alpha value is -1.06. The molecule has 80 valence electrons. The summed E-state index contributed by atoms with van der Waals surface area (Å²) in [5.74, 6) is -1.10. The third kappa shape index (κ3) is 2.72. The minimum atomic E-state index is -0.988. The van der Waals surface area contributed by atoms with Crippen LogP contribution in [0, 0.1) is 5.41 Å². The summed E-state index contributed by atoms with van der Waals surface area (Å²) in [5, 5.41) is 10.9. The van der Waals surface area contributed by atoms with Crippen LogP contribution in [-0.4, -0.2) is 23.5 Å². The molecular formula is C10H17NO3. The van der Waals surface area contributed by atoms with Gasteiger partial charge in [0.25, 0.3) is 0 Å². The van der Waals surface area contributed by atoms with Crippen LogP contribution in [0.25, 0.3) is 0 Å². The van der Waals surface area contributed by atoms with E-state index in [9.17, 15) is 9.59 Å². The minimum Gasteiger partial charge on any atom is -0.480 e. The standard InChI is InChI=1S/C10H17NO3/c1-10(5-3-2-4-6-10)9(14)11-7-8(12)13/h2-7H2,1H3,(H,11,14)(H,12,13). The molecule has 1 amide bonds. The summed E-state index contributed by atoms with van der Waals surface area (Å²) in [5.41, 5.74) is -0.340. The number of carboxylic acid groups (broad SMARTS) is 1. The first kappa shape index (κ1) is 11.0. The fraction of sp³-hybridized carbons (Fsp3) is 0.800. The van der Waals surface area contributed by atoms with E-state index in [0.717, 1.165) is 25.7 Å².